The fraction of sp³-hybridized carbons (Fsp3) is 0.176. The number of aromatic nitrogens is 1. The first-order valence-corrected chi connectivity index (χ1v) is 6.79. The molecule has 0 aliphatic rings. The Balaban J connectivity index is 1.79. The van der Waals surface area contributed by atoms with Crippen LogP contribution in [-0.4, -0.2) is 17.4 Å². The summed E-state index contributed by atoms with van der Waals surface area (Å²) in [4.78, 5) is 15.1. The average Bonchev–Trinajstić information content (AvgIpc) is 2.55. The highest BCUT2D eigenvalue weighted by atomic mass is 16.5. The van der Waals surface area contributed by atoms with Crippen molar-refractivity contribution in [3.8, 4) is 5.75 Å². The first-order chi connectivity index (χ1) is 10.3. The van der Waals surface area contributed by atoms with Crippen molar-refractivity contribution in [2.45, 2.75) is 13.0 Å². The molecule has 0 saturated carbocycles. The number of benzene rings is 1. The molecule has 1 heterocycles. The lowest BCUT2D eigenvalue weighted by atomic mass is 10.1. The lowest BCUT2D eigenvalue weighted by Gasteiger charge is -2.07. The van der Waals surface area contributed by atoms with Crippen LogP contribution in [0.1, 0.15) is 11.1 Å². The van der Waals surface area contributed by atoms with Gasteiger partial charge in [-0.05, 0) is 36.3 Å². The van der Waals surface area contributed by atoms with Crippen LogP contribution in [0.5, 0.6) is 5.75 Å². The summed E-state index contributed by atoms with van der Waals surface area (Å²) < 4.78 is 5.68. The van der Waals surface area contributed by atoms with Gasteiger partial charge in [0.15, 0.2) is 0 Å². The Morgan fingerprint density at radius 1 is 1.24 bits per heavy atom. The topological polar surface area (TPSA) is 51.2 Å². The van der Waals surface area contributed by atoms with E-state index in [1.54, 1.807) is 12.4 Å². The normalized spacial score (nSPS) is 9.90. The second kappa shape index (κ2) is 7.85. The second-order valence-corrected chi connectivity index (χ2v) is 4.54. The van der Waals surface area contributed by atoms with Crippen LogP contribution in [0.4, 0.5) is 0 Å². The maximum Gasteiger partial charge on any atom is 0.243 e. The number of hydrogen-bond donors (Lipinski definition) is 1. The molecular weight excluding hydrogens is 264 g/mol. The van der Waals surface area contributed by atoms with Crippen LogP contribution in [0.15, 0.2) is 61.4 Å². The van der Waals surface area contributed by atoms with Crippen LogP contribution in [-0.2, 0) is 17.8 Å². The molecule has 21 heavy (non-hydrogen) atoms. The maximum atomic E-state index is 11.0. The van der Waals surface area contributed by atoms with Crippen molar-refractivity contribution in [2.75, 3.05) is 6.54 Å². The fourth-order valence-corrected chi connectivity index (χ4v) is 1.80. The van der Waals surface area contributed by atoms with E-state index in [9.17, 15) is 4.79 Å². The zero-order valence-corrected chi connectivity index (χ0v) is 11.8. The monoisotopic (exact) mass is 282 g/mol. The van der Waals surface area contributed by atoms with Gasteiger partial charge >= 0.3 is 0 Å². The smallest absolute Gasteiger partial charge is 0.243 e. The largest absolute Gasteiger partial charge is 0.489 e. The van der Waals surface area contributed by atoms with Gasteiger partial charge in [0.2, 0.25) is 5.91 Å². The number of nitrogens with one attached hydrogen (secondary N) is 1. The highest BCUT2D eigenvalue weighted by Gasteiger charge is 1.98. The second-order valence-electron chi connectivity index (χ2n) is 4.54. The number of pyridine rings is 1. The standard InChI is InChI=1S/C17H18N2O2/c1-2-17(20)19-11-9-14-5-7-16(8-6-14)21-13-15-4-3-10-18-12-15/h2-8,10,12H,1,9,11,13H2,(H,19,20). The summed E-state index contributed by atoms with van der Waals surface area (Å²) in [6, 6.07) is 11.7. The Hall–Kier alpha value is -2.62. The molecule has 2 aromatic rings. The predicted octanol–water partition coefficient (Wildman–Crippen LogP) is 2.51. The van der Waals surface area contributed by atoms with Gasteiger partial charge in [-0.3, -0.25) is 9.78 Å². The van der Waals surface area contributed by atoms with Crippen molar-refractivity contribution in [3.05, 3.63) is 72.6 Å². The van der Waals surface area contributed by atoms with E-state index in [1.807, 2.05) is 36.4 Å². The Bertz CT molecular complexity index is 579. The van der Waals surface area contributed by atoms with Gasteiger partial charge in [-0.15, -0.1) is 0 Å². The molecule has 4 heteroatoms. The Morgan fingerprint density at radius 2 is 2.05 bits per heavy atom. The first kappa shape index (κ1) is 14.8. The van der Waals surface area contributed by atoms with Crippen molar-refractivity contribution in [1.82, 2.24) is 10.3 Å². The van der Waals surface area contributed by atoms with E-state index in [0.717, 1.165) is 23.3 Å². The highest BCUT2D eigenvalue weighted by molar-refractivity contribution is 5.86. The molecule has 4 nitrogen and oxygen atoms in total. The summed E-state index contributed by atoms with van der Waals surface area (Å²) in [5, 5.41) is 2.75. The number of carbonyl (C=O) groups excluding carboxylic acids is 1. The van der Waals surface area contributed by atoms with E-state index in [4.69, 9.17) is 4.74 Å². The minimum Gasteiger partial charge on any atom is -0.489 e. The molecule has 0 atom stereocenters. The van der Waals surface area contributed by atoms with Gasteiger partial charge in [0.05, 0.1) is 0 Å². The van der Waals surface area contributed by atoms with Gasteiger partial charge in [-0.25, -0.2) is 0 Å². The molecule has 0 unspecified atom stereocenters. The predicted molar refractivity (Wildman–Crippen MR) is 81.9 cm³/mol. The van der Waals surface area contributed by atoms with Crippen LogP contribution in [0.2, 0.25) is 0 Å². The number of hydrogen-bond acceptors (Lipinski definition) is 3. The third-order valence-electron chi connectivity index (χ3n) is 2.95. The molecule has 0 aliphatic heterocycles. The van der Waals surface area contributed by atoms with E-state index in [2.05, 4.69) is 16.9 Å². The fourth-order valence-electron chi connectivity index (χ4n) is 1.80. The molecule has 108 valence electrons. The zero-order valence-electron chi connectivity index (χ0n) is 11.8. The third kappa shape index (κ3) is 5.10. The van der Waals surface area contributed by atoms with E-state index in [-0.39, 0.29) is 5.91 Å². The molecule has 1 aromatic carbocycles. The molecule has 0 saturated heterocycles. The van der Waals surface area contributed by atoms with E-state index >= 15 is 0 Å². The van der Waals surface area contributed by atoms with Gasteiger partial charge in [-0.2, -0.15) is 0 Å². The average molecular weight is 282 g/mol. The van der Waals surface area contributed by atoms with Crippen LogP contribution in [0.3, 0.4) is 0 Å². The van der Waals surface area contributed by atoms with Gasteiger partial charge in [0.25, 0.3) is 0 Å². The SMILES string of the molecule is C=CC(=O)NCCc1ccc(OCc2cccnc2)cc1. The van der Waals surface area contributed by atoms with E-state index in [0.29, 0.717) is 13.2 Å². The maximum absolute atomic E-state index is 11.0. The molecule has 0 fully saturated rings. The van der Waals surface area contributed by atoms with Crippen molar-refractivity contribution in [3.63, 3.8) is 0 Å². The number of nitrogens with zero attached hydrogens (tertiary/aromatic N) is 1. The van der Waals surface area contributed by atoms with Crippen LogP contribution >= 0.6 is 0 Å². The van der Waals surface area contributed by atoms with E-state index < -0.39 is 0 Å². The lowest BCUT2D eigenvalue weighted by Crippen LogP contribution is -2.23. The summed E-state index contributed by atoms with van der Waals surface area (Å²) in [5.41, 5.74) is 2.18. The van der Waals surface area contributed by atoms with Crippen molar-refractivity contribution in [2.24, 2.45) is 0 Å². The summed E-state index contributed by atoms with van der Waals surface area (Å²) in [5.74, 6) is 0.671. The van der Waals surface area contributed by atoms with Gasteiger partial charge < -0.3 is 10.1 Å². The molecule has 1 N–H and O–H groups in total. The lowest BCUT2D eigenvalue weighted by molar-refractivity contribution is -0.116. The summed E-state index contributed by atoms with van der Waals surface area (Å²) in [6.07, 6.45) is 5.58. The first-order valence-electron chi connectivity index (χ1n) is 6.79. The van der Waals surface area contributed by atoms with Crippen molar-refractivity contribution < 1.29 is 9.53 Å². The number of carbonyl (C=O) groups is 1. The number of ether oxygens (including phenoxy) is 1. The minimum absolute atomic E-state index is 0.147. The molecule has 0 aliphatic carbocycles. The zero-order chi connectivity index (χ0) is 14.9. The number of rotatable bonds is 7. The Kier molecular flexibility index (Phi) is 5.52. The molecule has 0 bridgehead atoms. The summed E-state index contributed by atoms with van der Waals surface area (Å²) in [6.45, 7) is 4.51. The molecule has 1 amide bonds. The Morgan fingerprint density at radius 3 is 2.71 bits per heavy atom. The summed E-state index contributed by atoms with van der Waals surface area (Å²) in [7, 11) is 0. The third-order valence-corrected chi connectivity index (χ3v) is 2.95. The van der Waals surface area contributed by atoms with Crippen LogP contribution in [0.25, 0.3) is 0 Å². The highest BCUT2D eigenvalue weighted by Crippen LogP contribution is 2.14. The molecule has 1 aromatic heterocycles. The van der Waals surface area contributed by atoms with Gasteiger partial charge in [0, 0.05) is 24.5 Å². The quantitative estimate of drug-likeness (QED) is 0.794. The van der Waals surface area contributed by atoms with Gasteiger partial charge in [0.1, 0.15) is 12.4 Å². The minimum atomic E-state index is -0.147. The molecule has 0 radical (unpaired) electrons. The molecule has 2 rings (SSSR count). The van der Waals surface area contributed by atoms with Crippen molar-refractivity contribution >= 4 is 5.91 Å². The molecular formula is C17H18N2O2. The Labute approximate surface area is 124 Å². The van der Waals surface area contributed by atoms with Crippen LogP contribution < -0.4 is 10.1 Å². The van der Waals surface area contributed by atoms with Gasteiger partial charge in [-0.1, -0.05) is 24.8 Å². The molecule has 0 spiro atoms. The van der Waals surface area contributed by atoms with Crippen molar-refractivity contribution in [1.29, 1.82) is 0 Å². The van der Waals surface area contributed by atoms with Crippen LogP contribution in [0, 0.1) is 0 Å². The number of amides is 1. The van der Waals surface area contributed by atoms with E-state index in [1.165, 1.54) is 6.08 Å². The summed E-state index contributed by atoms with van der Waals surface area (Å²) >= 11 is 0.